The molecule has 5 nitrogen and oxygen atoms in total. The fourth-order valence-corrected chi connectivity index (χ4v) is 5.25. The molecule has 0 bridgehead atoms. The Morgan fingerprint density at radius 3 is 2.45 bits per heavy atom. The summed E-state index contributed by atoms with van der Waals surface area (Å²) >= 11 is 3.12. The summed E-state index contributed by atoms with van der Waals surface area (Å²) in [6, 6.07) is 16.0. The van der Waals surface area contributed by atoms with Crippen LogP contribution < -0.4 is 5.32 Å². The summed E-state index contributed by atoms with van der Waals surface area (Å²) in [6.45, 7) is 8.27. The minimum absolute atomic E-state index is 0.131. The molecule has 0 aliphatic rings. The van der Waals surface area contributed by atoms with Gasteiger partial charge >= 0.3 is 0 Å². The second kappa shape index (κ2) is 9.24. The highest BCUT2D eigenvalue weighted by Gasteiger charge is 2.22. The zero-order chi connectivity index (χ0) is 22.0. The Hall–Kier alpha value is -2.64. The molecule has 0 radical (unpaired) electrons. The number of fused-ring (bicyclic) bond motifs is 1. The third-order valence-corrected chi connectivity index (χ3v) is 7.20. The van der Waals surface area contributed by atoms with Crippen molar-refractivity contribution in [3.8, 4) is 0 Å². The van der Waals surface area contributed by atoms with Gasteiger partial charge in [-0.2, -0.15) is 0 Å². The van der Waals surface area contributed by atoms with E-state index in [0.717, 1.165) is 25.9 Å². The molecule has 31 heavy (non-hydrogen) atoms. The maximum Gasteiger partial charge on any atom is 0.287 e. The Kier molecular flexibility index (Phi) is 6.43. The molecule has 2 heterocycles. The molecule has 0 aliphatic carbocycles. The predicted octanol–water partition coefficient (Wildman–Crippen LogP) is 6.50. The first-order valence-electron chi connectivity index (χ1n) is 10.3. The molecule has 0 fully saturated rings. The number of aryl methyl sites for hydroxylation is 1. The first-order chi connectivity index (χ1) is 14.9. The molecule has 0 spiro atoms. The van der Waals surface area contributed by atoms with Gasteiger partial charge in [-0.05, 0) is 37.0 Å². The Balaban J connectivity index is 1.56. The second-order valence-corrected chi connectivity index (χ2v) is 10.2. The summed E-state index contributed by atoms with van der Waals surface area (Å²) in [5.74, 6) is 1.22. The lowest BCUT2D eigenvalue weighted by Crippen LogP contribution is -2.27. The SMILES string of the molecule is Cc1nnc(SCc2c(C(=O)NC(C)c3ccc(C(C)C)cc3)oc3ccccc23)s1. The number of amides is 1. The van der Waals surface area contributed by atoms with Crippen LogP contribution in [0.1, 0.15) is 65.0 Å². The zero-order valence-electron chi connectivity index (χ0n) is 18.0. The summed E-state index contributed by atoms with van der Waals surface area (Å²) in [5.41, 5.74) is 3.94. The van der Waals surface area contributed by atoms with Crippen LogP contribution in [0.25, 0.3) is 11.0 Å². The van der Waals surface area contributed by atoms with Crippen LogP contribution in [0.4, 0.5) is 0 Å². The number of benzene rings is 2. The van der Waals surface area contributed by atoms with E-state index in [9.17, 15) is 4.79 Å². The van der Waals surface area contributed by atoms with Crippen LogP contribution in [-0.4, -0.2) is 16.1 Å². The van der Waals surface area contributed by atoms with Gasteiger partial charge in [-0.25, -0.2) is 0 Å². The lowest BCUT2D eigenvalue weighted by molar-refractivity contribution is 0.0913. The molecule has 2 aromatic carbocycles. The fourth-order valence-electron chi connectivity index (χ4n) is 3.41. The second-order valence-electron chi connectivity index (χ2n) is 7.80. The average molecular weight is 452 g/mol. The van der Waals surface area contributed by atoms with E-state index in [4.69, 9.17) is 4.42 Å². The van der Waals surface area contributed by atoms with E-state index in [1.807, 2.05) is 38.1 Å². The lowest BCUT2D eigenvalue weighted by atomic mass is 9.99. The van der Waals surface area contributed by atoms with E-state index in [1.54, 1.807) is 23.1 Å². The highest BCUT2D eigenvalue weighted by molar-refractivity contribution is 8.00. The summed E-state index contributed by atoms with van der Waals surface area (Å²) in [5, 5.41) is 13.2. The smallest absolute Gasteiger partial charge is 0.287 e. The van der Waals surface area contributed by atoms with E-state index in [1.165, 1.54) is 5.56 Å². The van der Waals surface area contributed by atoms with Gasteiger partial charge in [0.15, 0.2) is 10.1 Å². The van der Waals surface area contributed by atoms with Crippen molar-refractivity contribution in [3.05, 3.63) is 76.0 Å². The Morgan fingerprint density at radius 1 is 1.06 bits per heavy atom. The maximum absolute atomic E-state index is 13.2. The number of hydrogen-bond donors (Lipinski definition) is 1. The van der Waals surface area contributed by atoms with E-state index < -0.39 is 0 Å². The van der Waals surface area contributed by atoms with Crippen molar-refractivity contribution < 1.29 is 9.21 Å². The third kappa shape index (κ3) is 4.83. The highest BCUT2D eigenvalue weighted by atomic mass is 32.2. The molecule has 7 heteroatoms. The van der Waals surface area contributed by atoms with Gasteiger partial charge < -0.3 is 9.73 Å². The van der Waals surface area contributed by atoms with Crippen molar-refractivity contribution in [1.82, 2.24) is 15.5 Å². The molecular formula is C24H25N3O2S2. The average Bonchev–Trinajstić information content (AvgIpc) is 3.35. The normalized spacial score (nSPS) is 12.4. The van der Waals surface area contributed by atoms with Crippen molar-refractivity contribution >= 4 is 40.0 Å². The van der Waals surface area contributed by atoms with E-state index in [-0.39, 0.29) is 11.9 Å². The Labute approximate surface area is 190 Å². The van der Waals surface area contributed by atoms with E-state index in [2.05, 4.69) is 53.6 Å². The Morgan fingerprint density at radius 2 is 1.77 bits per heavy atom. The monoisotopic (exact) mass is 451 g/mol. The molecule has 2 aromatic heterocycles. The maximum atomic E-state index is 13.2. The van der Waals surface area contributed by atoms with Gasteiger partial charge in [0, 0.05) is 16.7 Å². The molecule has 0 saturated heterocycles. The van der Waals surface area contributed by atoms with Gasteiger partial charge in [0.2, 0.25) is 0 Å². The van der Waals surface area contributed by atoms with Crippen LogP contribution in [0.15, 0.2) is 57.3 Å². The van der Waals surface area contributed by atoms with Crippen molar-refractivity contribution in [1.29, 1.82) is 0 Å². The fraction of sp³-hybridized carbons (Fsp3) is 0.292. The molecule has 4 rings (SSSR count). The number of furan rings is 1. The van der Waals surface area contributed by atoms with Crippen LogP contribution in [-0.2, 0) is 5.75 Å². The first kappa shape index (κ1) is 21.6. The largest absolute Gasteiger partial charge is 0.451 e. The number of thioether (sulfide) groups is 1. The molecule has 4 aromatic rings. The summed E-state index contributed by atoms with van der Waals surface area (Å²) in [7, 11) is 0. The zero-order valence-corrected chi connectivity index (χ0v) is 19.6. The topological polar surface area (TPSA) is 68.0 Å². The van der Waals surface area contributed by atoms with Crippen LogP contribution in [0.3, 0.4) is 0 Å². The molecule has 0 saturated carbocycles. The molecule has 1 unspecified atom stereocenters. The van der Waals surface area contributed by atoms with Gasteiger partial charge in [0.05, 0.1) is 6.04 Å². The standard InChI is InChI=1S/C24H25N3O2S2/c1-14(2)17-9-11-18(12-10-17)15(3)25-23(28)22-20(13-30-24-27-26-16(4)31-24)19-7-5-6-8-21(19)29-22/h5-12,14-15H,13H2,1-4H3,(H,25,28). The molecule has 1 atom stereocenters. The number of nitrogens with one attached hydrogen (secondary N) is 1. The van der Waals surface area contributed by atoms with Crippen LogP contribution >= 0.6 is 23.1 Å². The lowest BCUT2D eigenvalue weighted by Gasteiger charge is -2.15. The number of nitrogens with zero attached hydrogens (tertiary/aromatic N) is 2. The van der Waals surface area contributed by atoms with Crippen LogP contribution in [0.5, 0.6) is 0 Å². The van der Waals surface area contributed by atoms with Gasteiger partial charge in [0.25, 0.3) is 5.91 Å². The van der Waals surface area contributed by atoms with Crippen LogP contribution in [0.2, 0.25) is 0 Å². The van der Waals surface area contributed by atoms with Gasteiger partial charge in [-0.15, -0.1) is 10.2 Å². The minimum Gasteiger partial charge on any atom is -0.451 e. The summed E-state index contributed by atoms with van der Waals surface area (Å²) < 4.78 is 6.87. The number of hydrogen-bond acceptors (Lipinski definition) is 6. The molecule has 0 aliphatic heterocycles. The third-order valence-electron chi connectivity index (χ3n) is 5.20. The number of rotatable bonds is 7. The van der Waals surface area contributed by atoms with E-state index >= 15 is 0 Å². The molecule has 1 N–H and O–H groups in total. The summed E-state index contributed by atoms with van der Waals surface area (Å²) in [4.78, 5) is 13.2. The van der Waals surface area contributed by atoms with Crippen molar-refractivity contribution in [2.24, 2.45) is 0 Å². The number of para-hydroxylation sites is 1. The van der Waals surface area contributed by atoms with Crippen molar-refractivity contribution in [2.75, 3.05) is 0 Å². The highest BCUT2D eigenvalue weighted by Crippen LogP contribution is 2.33. The molecule has 1 amide bonds. The van der Waals surface area contributed by atoms with Gasteiger partial charge in [-0.1, -0.05) is 79.4 Å². The number of carbonyl (C=O) groups is 1. The predicted molar refractivity (Wildman–Crippen MR) is 127 cm³/mol. The quantitative estimate of drug-likeness (QED) is 0.325. The summed E-state index contributed by atoms with van der Waals surface area (Å²) in [6.07, 6.45) is 0. The number of carbonyl (C=O) groups excluding carboxylic acids is 1. The Bertz CT molecular complexity index is 1200. The van der Waals surface area contributed by atoms with Gasteiger partial charge in [-0.3, -0.25) is 4.79 Å². The van der Waals surface area contributed by atoms with Gasteiger partial charge in [0.1, 0.15) is 10.6 Å². The minimum atomic E-state index is -0.208. The van der Waals surface area contributed by atoms with Crippen molar-refractivity contribution in [3.63, 3.8) is 0 Å². The molecular weight excluding hydrogens is 426 g/mol. The first-order valence-corrected chi connectivity index (χ1v) is 12.1. The van der Waals surface area contributed by atoms with Crippen LogP contribution in [0, 0.1) is 6.92 Å². The molecule has 160 valence electrons. The van der Waals surface area contributed by atoms with E-state index in [0.29, 0.717) is 23.0 Å². The van der Waals surface area contributed by atoms with Crippen molar-refractivity contribution in [2.45, 2.75) is 49.7 Å². The number of aromatic nitrogens is 2.